The van der Waals surface area contributed by atoms with Crippen LogP contribution in [-0.4, -0.2) is 35.5 Å². The molecule has 0 aliphatic carbocycles. The van der Waals surface area contributed by atoms with Crippen LogP contribution in [0.1, 0.15) is 22.2 Å². The summed E-state index contributed by atoms with van der Waals surface area (Å²) < 4.78 is 5.76. The third kappa shape index (κ3) is 3.21. The summed E-state index contributed by atoms with van der Waals surface area (Å²) in [6.45, 7) is 1.54. The Bertz CT molecular complexity index is 658. The van der Waals surface area contributed by atoms with Crippen molar-refractivity contribution in [3.8, 4) is 0 Å². The number of ether oxygens (including phenoxy) is 1. The lowest BCUT2D eigenvalue weighted by molar-refractivity contribution is -0.0230. The number of hydrogen-bond acceptors (Lipinski definition) is 4. The largest absolute Gasteiger partial charge is 0.397 e. The minimum Gasteiger partial charge on any atom is -0.397 e. The predicted molar refractivity (Wildman–Crippen MR) is 84.7 cm³/mol. The van der Waals surface area contributed by atoms with E-state index in [-0.39, 0.29) is 12.0 Å². The number of anilines is 1. The van der Waals surface area contributed by atoms with Crippen molar-refractivity contribution < 1.29 is 9.53 Å². The molecule has 1 aromatic carbocycles. The molecule has 1 amide bonds. The fourth-order valence-corrected chi connectivity index (χ4v) is 2.53. The Balaban J connectivity index is 1.73. The highest BCUT2D eigenvalue weighted by atomic mass is 35.5. The van der Waals surface area contributed by atoms with Gasteiger partial charge in [-0.3, -0.25) is 4.79 Å². The smallest absolute Gasteiger partial charge is 0.272 e. The number of benzene rings is 1. The maximum atomic E-state index is 12.5. The molecule has 2 aromatic rings. The number of morpholine rings is 1. The topological polar surface area (TPSA) is 68.5 Å². The van der Waals surface area contributed by atoms with E-state index in [1.807, 2.05) is 24.3 Å². The zero-order valence-electron chi connectivity index (χ0n) is 11.9. The number of nitrogen functional groups attached to an aromatic ring is 1. The van der Waals surface area contributed by atoms with Crippen molar-refractivity contribution in [2.24, 2.45) is 0 Å². The number of nitrogens with two attached hydrogens (primary N) is 1. The highest BCUT2D eigenvalue weighted by molar-refractivity contribution is 6.30. The maximum Gasteiger partial charge on any atom is 0.272 e. The summed E-state index contributed by atoms with van der Waals surface area (Å²) in [6.07, 6.45) is 1.34. The molecule has 3 rings (SSSR count). The number of nitrogens with zero attached hydrogens (tertiary/aromatic N) is 2. The Labute approximate surface area is 133 Å². The van der Waals surface area contributed by atoms with Crippen molar-refractivity contribution in [3.05, 3.63) is 58.9 Å². The van der Waals surface area contributed by atoms with Gasteiger partial charge in [-0.1, -0.05) is 23.7 Å². The molecule has 6 heteroatoms. The standard InChI is InChI=1S/C16H16ClN3O2/c17-12-3-1-11(2-4-12)15-10-20(7-8-22-15)16(21)14-6-5-13(18)9-19-14/h1-6,9,15H,7-8,10,18H2. The number of pyridine rings is 1. The average Bonchev–Trinajstić information content (AvgIpc) is 2.56. The number of aromatic nitrogens is 1. The van der Waals surface area contributed by atoms with Gasteiger partial charge in [0, 0.05) is 11.6 Å². The molecule has 1 saturated heterocycles. The Morgan fingerprint density at radius 2 is 2.05 bits per heavy atom. The van der Waals surface area contributed by atoms with Gasteiger partial charge in [0.15, 0.2) is 0 Å². The maximum absolute atomic E-state index is 12.5. The molecule has 5 nitrogen and oxygen atoms in total. The van der Waals surface area contributed by atoms with E-state index in [0.29, 0.717) is 36.1 Å². The molecule has 0 radical (unpaired) electrons. The Morgan fingerprint density at radius 3 is 2.73 bits per heavy atom. The molecule has 1 atom stereocenters. The van der Waals surface area contributed by atoms with Gasteiger partial charge < -0.3 is 15.4 Å². The van der Waals surface area contributed by atoms with Crippen LogP contribution in [0.25, 0.3) is 0 Å². The summed E-state index contributed by atoms with van der Waals surface area (Å²) in [5.41, 5.74) is 7.54. The van der Waals surface area contributed by atoms with Crippen LogP contribution in [0, 0.1) is 0 Å². The first kappa shape index (κ1) is 14.8. The zero-order chi connectivity index (χ0) is 15.5. The lowest BCUT2D eigenvalue weighted by atomic mass is 10.1. The molecule has 22 heavy (non-hydrogen) atoms. The summed E-state index contributed by atoms with van der Waals surface area (Å²) >= 11 is 5.90. The van der Waals surface area contributed by atoms with Crippen LogP contribution in [0.2, 0.25) is 5.02 Å². The molecule has 114 valence electrons. The van der Waals surface area contributed by atoms with Crippen molar-refractivity contribution in [2.45, 2.75) is 6.10 Å². The normalized spacial score (nSPS) is 18.2. The monoisotopic (exact) mass is 317 g/mol. The zero-order valence-corrected chi connectivity index (χ0v) is 12.7. The number of amides is 1. The second kappa shape index (κ2) is 6.34. The molecule has 0 spiro atoms. The van der Waals surface area contributed by atoms with Crippen molar-refractivity contribution >= 4 is 23.2 Å². The third-order valence-corrected chi connectivity index (χ3v) is 3.85. The van der Waals surface area contributed by atoms with E-state index in [9.17, 15) is 4.79 Å². The summed E-state index contributed by atoms with van der Waals surface area (Å²) in [7, 11) is 0. The molecular weight excluding hydrogens is 302 g/mol. The van der Waals surface area contributed by atoms with Crippen molar-refractivity contribution in [3.63, 3.8) is 0 Å². The number of rotatable bonds is 2. The van der Waals surface area contributed by atoms with Gasteiger partial charge in [-0.15, -0.1) is 0 Å². The van der Waals surface area contributed by atoms with Gasteiger partial charge in [0.1, 0.15) is 11.8 Å². The molecule has 0 bridgehead atoms. The Hall–Kier alpha value is -2.11. The summed E-state index contributed by atoms with van der Waals surface area (Å²) in [5.74, 6) is -0.109. The molecular formula is C16H16ClN3O2. The predicted octanol–water partition coefficient (Wildman–Crippen LogP) is 2.53. The van der Waals surface area contributed by atoms with Gasteiger partial charge in [0.2, 0.25) is 0 Å². The Kier molecular flexibility index (Phi) is 4.27. The first-order valence-corrected chi connectivity index (χ1v) is 7.39. The van der Waals surface area contributed by atoms with Gasteiger partial charge in [-0.25, -0.2) is 4.98 Å². The third-order valence-electron chi connectivity index (χ3n) is 3.60. The van der Waals surface area contributed by atoms with E-state index in [2.05, 4.69) is 4.98 Å². The van der Waals surface area contributed by atoms with Gasteiger partial charge in [-0.2, -0.15) is 0 Å². The molecule has 1 aromatic heterocycles. The summed E-state index contributed by atoms with van der Waals surface area (Å²) in [6, 6.07) is 10.8. The van der Waals surface area contributed by atoms with Gasteiger partial charge in [0.05, 0.1) is 25.0 Å². The van der Waals surface area contributed by atoms with Gasteiger partial charge >= 0.3 is 0 Å². The summed E-state index contributed by atoms with van der Waals surface area (Å²) in [5, 5.41) is 0.679. The van der Waals surface area contributed by atoms with Gasteiger partial charge in [-0.05, 0) is 29.8 Å². The average molecular weight is 318 g/mol. The van der Waals surface area contributed by atoms with Crippen LogP contribution in [0.3, 0.4) is 0 Å². The first-order chi connectivity index (χ1) is 10.6. The quantitative estimate of drug-likeness (QED) is 0.924. The summed E-state index contributed by atoms with van der Waals surface area (Å²) in [4.78, 5) is 18.3. The van der Waals surface area contributed by atoms with Crippen LogP contribution >= 0.6 is 11.6 Å². The Morgan fingerprint density at radius 1 is 1.27 bits per heavy atom. The first-order valence-electron chi connectivity index (χ1n) is 7.01. The highest BCUT2D eigenvalue weighted by Gasteiger charge is 2.26. The highest BCUT2D eigenvalue weighted by Crippen LogP contribution is 2.24. The minimum atomic E-state index is -0.149. The van der Waals surface area contributed by atoms with E-state index in [0.717, 1.165) is 5.56 Å². The van der Waals surface area contributed by atoms with E-state index < -0.39 is 0 Å². The van der Waals surface area contributed by atoms with E-state index in [4.69, 9.17) is 22.1 Å². The fourth-order valence-electron chi connectivity index (χ4n) is 2.41. The molecule has 0 saturated carbocycles. The SMILES string of the molecule is Nc1ccc(C(=O)N2CCOC(c3ccc(Cl)cc3)C2)nc1. The molecule has 2 heterocycles. The van der Waals surface area contributed by atoms with Crippen molar-refractivity contribution in [1.82, 2.24) is 9.88 Å². The number of halogens is 1. The molecule has 1 aliphatic rings. The number of carbonyl (C=O) groups is 1. The fraction of sp³-hybridized carbons (Fsp3) is 0.250. The van der Waals surface area contributed by atoms with E-state index in [1.54, 1.807) is 17.0 Å². The van der Waals surface area contributed by atoms with Crippen LogP contribution < -0.4 is 5.73 Å². The lowest BCUT2D eigenvalue weighted by Crippen LogP contribution is -2.42. The molecule has 1 fully saturated rings. The van der Waals surface area contributed by atoms with E-state index in [1.165, 1.54) is 6.20 Å². The van der Waals surface area contributed by atoms with Crippen molar-refractivity contribution in [2.75, 3.05) is 25.4 Å². The second-order valence-electron chi connectivity index (χ2n) is 5.14. The van der Waals surface area contributed by atoms with E-state index >= 15 is 0 Å². The molecule has 2 N–H and O–H groups in total. The van der Waals surface area contributed by atoms with Gasteiger partial charge in [0.25, 0.3) is 5.91 Å². The van der Waals surface area contributed by atoms with Crippen molar-refractivity contribution in [1.29, 1.82) is 0 Å². The molecule has 1 aliphatic heterocycles. The second-order valence-corrected chi connectivity index (χ2v) is 5.58. The van der Waals surface area contributed by atoms with Crippen LogP contribution in [-0.2, 0) is 4.74 Å². The van der Waals surface area contributed by atoms with Crippen LogP contribution in [0.15, 0.2) is 42.6 Å². The number of carbonyl (C=O) groups excluding carboxylic acids is 1. The van der Waals surface area contributed by atoms with Crippen LogP contribution in [0.5, 0.6) is 0 Å². The lowest BCUT2D eigenvalue weighted by Gasteiger charge is -2.33. The number of hydrogen-bond donors (Lipinski definition) is 1. The minimum absolute atomic E-state index is 0.109. The van der Waals surface area contributed by atoms with Crippen LogP contribution in [0.4, 0.5) is 5.69 Å². The molecule has 1 unspecified atom stereocenters.